The maximum absolute atomic E-state index is 12.3. The van der Waals surface area contributed by atoms with Crippen LogP contribution < -0.4 is 11.1 Å². The molecule has 2 amide bonds. The third-order valence-corrected chi connectivity index (χ3v) is 4.98. The predicted octanol–water partition coefficient (Wildman–Crippen LogP) is 1.99. The zero-order valence-electron chi connectivity index (χ0n) is 15.2. The number of carbonyl (C=O) groups excluding carboxylic acids is 2. The Balaban J connectivity index is 1.51. The largest absolute Gasteiger partial charge is 0.507 e. The molecule has 1 heterocycles. The van der Waals surface area contributed by atoms with Crippen molar-refractivity contribution in [3.63, 3.8) is 0 Å². The van der Waals surface area contributed by atoms with Gasteiger partial charge in [0.15, 0.2) is 0 Å². The highest BCUT2D eigenvalue weighted by Gasteiger charge is 2.23. The van der Waals surface area contributed by atoms with E-state index in [0.29, 0.717) is 25.2 Å². The molecule has 1 aliphatic rings. The Hall–Kier alpha value is -2.86. The first-order valence-corrected chi connectivity index (χ1v) is 9.23. The van der Waals surface area contributed by atoms with Crippen molar-refractivity contribution in [2.45, 2.75) is 12.8 Å². The summed E-state index contributed by atoms with van der Waals surface area (Å²) in [5, 5.41) is 12.8. The average molecular weight is 367 g/mol. The number of aromatic hydroxyl groups is 1. The average Bonchev–Trinajstić information content (AvgIpc) is 2.68. The minimum atomic E-state index is -0.242. The van der Waals surface area contributed by atoms with Crippen LogP contribution in [0.2, 0.25) is 0 Å². The molecule has 4 N–H and O–H groups in total. The van der Waals surface area contributed by atoms with Crippen LogP contribution in [0.25, 0.3) is 11.1 Å². The van der Waals surface area contributed by atoms with Crippen LogP contribution in [0.1, 0.15) is 23.2 Å². The van der Waals surface area contributed by atoms with Crippen molar-refractivity contribution in [3.05, 3.63) is 54.1 Å². The third kappa shape index (κ3) is 4.86. The van der Waals surface area contributed by atoms with E-state index >= 15 is 0 Å². The lowest BCUT2D eigenvalue weighted by Crippen LogP contribution is -2.44. The number of likely N-dealkylation sites (tertiary alicyclic amines) is 1. The number of nitrogens with one attached hydrogen (secondary N) is 1. The number of carbonyl (C=O) groups is 2. The molecule has 0 aromatic heterocycles. The van der Waals surface area contributed by atoms with Crippen LogP contribution in [-0.4, -0.2) is 48.0 Å². The molecular weight excluding hydrogens is 342 g/mol. The molecule has 1 atom stereocenters. The lowest BCUT2D eigenvalue weighted by molar-refractivity contribution is -0.123. The number of piperidine rings is 1. The van der Waals surface area contributed by atoms with Crippen molar-refractivity contribution in [3.8, 4) is 16.9 Å². The molecule has 1 saturated heterocycles. The Morgan fingerprint density at radius 1 is 1.15 bits per heavy atom. The van der Waals surface area contributed by atoms with Gasteiger partial charge in [0, 0.05) is 30.8 Å². The van der Waals surface area contributed by atoms with Gasteiger partial charge in [0.25, 0.3) is 5.91 Å². The maximum atomic E-state index is 12.3. The van der Waals surface area contributed by atoms with Crippen LogP contribution in [0.15, 0.2) is 48.5 Å². The van der Waals surface area contributed by atoms with Crippen LogP contribution >= 0.6 is 0 Å². The van der Waals surface area contributed by atoms with E-state index < -0.39 is 0 Å². The van der Waals surface area contributed by atoms with E-state index in [0.717, 1.165) is 30.5 Å². The lowest BCUT2D eigenvalue weighted by Gasteiger charge is -2.31. The summed E-state index contributed by atoms with van der Waals surface area (Å²) in [5.41, 5.74) is 7.56. The first-order chi connectivity index (χ1) is 13.0. The maximum Gasteiger partial charge on any atom is 0.251 e. The summed E-state index contributed by atoms with van der Waals surface area (Å²) in [7, 11) is 0. The van der Waals surface area contributed by atoms with Crippen molar-refractivity contribution in [2.24, 2.45) is 11.7 Å². The summed E-state index contributed by atoms with van der Waals surface area (Å²) in [5.74, 6) is -0.252. The minimum Gasteiger partial charge on any atom is -0.507 e. The van der Waals surface area contributed by atoms with Gasteiger partial charge in [-0.1, -0.05) is 30.3 Å². The fourth-order valence-electron chi connectivity index (χ4n) is 3.44. The fraction of sp³-hybridized carbons (Fsp3) is 0.333. The van der Waals surface area contributed by atoms with Crippen LogP contribution in [0.4, 0.5) is 0 Å². The summed E-state index contributed by atoms with van der Waals surface area (Å²) >= 11 is 0. The fourth-order valence-corrected chi connectivity index (χ4v) is 3.44. The topological polar surface area (TPSA) is 95.7 Å². The second kappa shape index (κ2) is 8.68. The van der Waals surface area contributed by atoms with Crippen molar-refractivity contribution in [1.82, 2.24) is 10.2 Å². The summed E-state index contributed by atoms with van der Waals surface area (Å²) < 4.78 is 0. The van der Waals surface area contributed by atoms with E-state index in [9.17, 15) is 14.7 Å². The number of phenolic OH excluding ortho intramolecular Hbond substituents is 1. The SMILES string of the molecule is NC(=O)[C@@H]1CCCN(CCNC(=O)c2ccc(-c3ccccc3O)cc2)C1. The van der Waals surface area contributed by atoms with Gasteiger partial charge in [0.1, 0.15) is 5.75 Å². The smallest absolute Gasteiger partial charge is 0.251 e. The van der Waals surface area contributed by atoms with Gasteiger partial charge < -0.3 is 21.1 Å². The Morgan fingerprint density at radius 2 is 1.89 bits per heavy atom. The van der Waals surface area contributed by atoms with Crippen LogP contribution in [-0.2, 0) is 4.79 Å². The molecule has 0 spiro atoms. The van der Waals surface area contributed by atoms with Gasteiger partial charge in [-0.05, 0) is 43.1 Å². The molecule has 1 fully saturated rings. The second-order valence-electron chi connectivity index (χ2n) is 6.89. The number of nitrogens with two attached hydrogens (primary N) is 1. The van der Waals surface area contributed by atoms with E-state index in [1.54, 1.807) is 24.3 Å². The van der Waals surface area contributed by atoms with Gasteiger partial charge in [-0.25, -0.2) is 0 Å². The molecule has 0 bridgehead atoms. The number of rotatable bonds is 6. The van der Waals surface area contributed by atoms with Gasteiger partial charge in [0.2, 0.25) is 5.91 Å². The number of primary amides is 1. The molecule has 1 aliphatic heterocycles. The molecular formula is C21H25N3O3. The number of amides is 2. The Bertz CT molecular complexity index is 805. The summed E-state index contributed by atoms with van der Waals surface area (Å²) in [6, 6.07) is 14.3. The second-order valence-corrected chi connectivity index (χ2v) is 6.89. The van der Waals surface area contributed by atoms with Crippen molar-refractivity contribution < 1.29 is 14.7 Å². The number of phenols is 1. The standard InChI is InChI=1S/C21H25N3O3/c22-20(26)17-4-3-12-24(14-17)13-11-23-21(27)16-9-7-15(8-10-16)18-5-1-2-6-19(18)25/h1-2,5-10,17,25H,3-4,11-14H2,(H2,22,26)(H,23,27)/t17-/m1/s1. The van der Waals surface area contributed by atoms with Gasteiger partial charge in [-0.15, -0.1) is 0 Å². The molecule has 2 aromatic carbocycles. The van der Waals surface area contributed by atoms with E-state index in [2.05, 4.69) is 10.2 Å². The monoisotopic (exact) mass is 367 g/mol. The first kappa shape index (κ1) is 18.9. The van der Waals surface area contributed by atoms with Gasteiger partial charge in [0.05, 0.1) is 5.92 Å². The van der Waals surface area contributed by atoms with E-state index in [4.69, 9.17) is 5.73 Å². The predicted molar refractivity (Wildman–Crippen MR) is 104 cm³/mol. The van der Waals surface area contributed by atoms with Gasteiger partial charge in [-0.2, -0.15) is 0 Å². The normalized spacial score (nSPS) is 17.4. The van der Waals surface area contributed by atoms with E-state index in [1.807, 2.05) is 24.3 Å². The number of hydrogen-bond donors (Lipinski definition) is 3. The number of hydrogen-bond acceptors (Lipinski definition) is 4. The summed E-state index contributed by atoms with van der Waals surface area (Å²) in [4.78, 5) is 25.8. The molecule has 142 valence electrons. The van der Waals surface area contributed by atoms with Crippen LogP contribution in [0.3, 0.4) is 0 Å². The molecule has 6 heteroatoms. The number of benzene rings is 2. The van der Waals surface area contributed by atoms with E-state index in [-0.39, 0.29) is 23.5 Å². The Morgan fingerprint density at radius 3 is 2.59 bits per heavy atom. The quantitative estimate of drug-likeness (QED) is 0.727. The molecule has 0 unspecified atom stereocenters. The van der Waals surface area contributed by atoms with E-state index in [1.165, 1.54) is 0 Å². The zero-order valence-corrected chi connectivity index (χ0v) is 15.2. The molecule has 0 aliphatic carbocycles. The Kier molecular flexibility index (Phi) is 6.08. The molecule has 27 heavy (non-hydrogen) atoms. The summed E-state index contributed by atoms with van der Waals surface area (Å²) in [6.07, 6.45) is 1.80. The van der Waals surface area contributed by atoms with Gasteiger partial charge in [-0.3, -0.25) is 9.59 Å². The molecule has 3 rings (SSSR count). The summed E-state index contributed by atoms with van der Waals surface area (Å²) in [6.45, 7) is 2.81. The molecule has 0 radical (unpaired) electrons. The van der Waals surface area contributed by atoms with Crippen molar-refractivity contribution in [2.75, 3.05) is 26.2 Å². The number of para-hydroxylation sites is 1. The highest BCUT2D eigenvalue weighted by atomic mass is 16.3. The highest BCUT2D eigenvalue weighted by Crippen LogP contribution is 2.28. The van der Waals surface area contributed by atoms with Gasteiger partial charge >= 0.3 is 0 Å². The number of nitrogens with zero attached hydrogens (tertiary/aromatic N) is 1. The van der Waals surface area contributed by atoms with Crippen LogP contribution in [0, 0.1) is 5.92 Å². The van der Waals surface area contributed by atoms with Crippen LogP contribution in [0.5, 0.6) is 5.75 Å². The lowest BCUT2D eigenvalue weighted by atomic mass is 9.97. The zero-order chi connectivity index (χ0) is 19.2. The Labute approximate surface area is 159 Å². The third-order valence-electron chi connectivity index (χ3n) is 4.98. The minimum absolute atomic E-state index is 0.0867. The van der Waals surface area contributed by atoms with Crippen molar-refractivity contribution in [1.29, 1.82) is 0 Å². The first-order valence-electron chi connectivity index (χ1n) is 9.23. The van der Waals surface area contributed by atoms with Crippen molar-refractivity contribution >= 4 is 11.8 Å². The highest BCUT2D eigenvalue weighted by molar-refractivity contribution is 5.94. The molecule has 2 aromatic rings. The molecule has 0 saturated carbocycles. The molecule has 6 nitrogen and oxygen atoms in total.